The Balaban J connectivity index is 1.84. The van der Waals surface area contributed by atoms with Crippen molar-refractivity contribution in [3.05, 3.63) is 34.3 Å². The molecule has 2 atom stereocenters. The largest absolute Gasteiger partial charge is 0.444 e. The Morgan fingerprint density at radius 1 is 1.29 bits per heavy atom. The van der Waals surface area contributed by atoms with E-state index in [9.17, 15) is 9.90 Å². The molecule has 2 saturated heterocycles. The van der Waals surface area contributed by atoms with Gasteiger partial charge in [0, 0.05) is 29.4 Å². The molecule has 1 aromatic carbocycles. The molecule has 0 aliphatic carbocycles. The maximum absolute atomic E-state index is 12.6. The number of amides is 1. The van der Waals surface area contributed by atoms with Crippen molar-refractivity contribution in [1.82, 2.24) is 4.90 Å². The Morgan fingerprint density at radius 2 is 1.92 bits per heavy atom. The zero-order chi connectivity index (χ0) is 17.5. The van der Waals surface area contributed by atoms with E-state index < -0.39 is 11.2 Å². The van der Waals surface area contributed by atoms with E-state index in [4.69, 9.17) is 4.74 Å². The molecule has 0 aromatic heterocycles. The van der Waals surface area contributed by atoms with Crippen molar-refractivity contribution in [2.24, 2.45) is 0 Å². The molecule has 2 heterocycles. The average molecular weight is 396 g/mol. The van der Waals surface area contributed by atoms with E-state index in [1.54, 1.807) is 0 Å². The molecule has 0 radical (unpaired) electrons. The van der Waals surface area contributed by atoms with E-state index in [2.05, 4.69) is 15.9 Å². The van der Waals surface area contributed by atoms with E-state index in [1.165, 1.54) is 0 Å². The Kier molecular flexibility index (Phi) is 4.69. The number of aliphatic hydroxyl groups is 1. The molecule has 0 saturated carbocycles. The number of benzene rings is 1. The topological polar surface area (TPSA) is 49.8 Å². The van der Waals surface area contributed by atoms with Crippen LogP contribution in [0.5, 0.6) is 0 Å². The monoisotopic (exact) mass is 395 g/mol. The van der Waals surface area contributed by atoms with Gasteiger partial charge >= 0.3 is 6.09 Å². The minimum Gasteiger partial charge on any atom is -0.444 e. The molecule has 1 aromatic rings. The molecule has 2 unspecified atom stereocenters. The first kappa shape index (κ1) is 17.7. The maximum atomic E-state index is 12.6. The summed E-state index contributed by atoms with van der Waals surface area (Å²) in [5, 5.41) is 11.3. The second-order valence-corrected chi connectivity index (χ2v) is 8.99. The lowest BCUT2D eigenvalue weighted by Gasteiger charge is -2.51. The van der Waals surface area contributed by atoms with Crippen molar-refractivity contribution in [2.45, 2.75) is 76.2 Å². The van der Waals surface area contributed by atoms with Gasteiger partial charge in [0.25, 0.3) is 0 Å². The number of piperidine rings is 2. The highest BCUT2D eigenvalue weighted by Gasteiger charge is 2.49. The van der Waals surface area contributed by atoms with Gasteiger partial charge in [0.05, 0.1) is 5.60 Å². The molecule has 24 heavy (non-hydrogen) atoms. The van der Waals surface area contributed by atoms with Gasteiger partial charge in [0.1, 0.15) is 5.60 Å². The SMILES string of the molecule is CC(C)(C)OC(=O)N1C2CCCC1CC(O)(c1cccc(Br)c1)C2. The molecule has 2 bridgehead atoms. The van der Waals surface area contributed by atoms with Crippen molar-refractivity contribution in [3.63, 3.8) is 0 Å². The smallest absolute Gasteiger partial charge is 0.410 e. The number of rotatable bonds is 1. The summed E-state index contributed by atoms with van der Waals surface area (Å²) in [7, 11) is 0. The number of fused-ring (bicyclic) bond motifs is 2. The predicted octanol–water partition coefficient (Wildman–Crippen LogP) is 4.59. The van der Waals surface area contributed by atoms with E-state index in [0.717, 1.165) is 29.3 Å². The van der Waals surface area contributed by atoms with Gasteiger partial charge in [-0.3, -0.25) is 0 Å². The van der Waals surface area contributed by atoms with Gasteiger partial charge in [-0.15, -0.1) is 0 Å². The zero-order valence-electron chi connectivity index (χ0n) is 14.6. The minimum absolute atomic E-state index is 0.0383. The van der Waals surface area contributed by atoms with Gasteiger partial charge in [-0.25, -0.2) is 4.79 Å². The van der Waals surface area contributed by atoms with Crippen LogP contribution in [-0.2, 0) is 10.3 Å². The van der Waals surface area contributed by atoms with Crippen LogP contribution in [0, 0.1) is 0 Å². The number of hydrogen-bond donors (Lipinski definition) is 1. The Labute approximate surface area is 152 Å². The van der Waals surface area contributed by atoms with Gasteiger partial charge in [-0.2, -0.15) is 0 Å². The lowest BCUT2D eigenvalue weighted by Crippen LogP contribution is -2.59. The zero-order valence-corrected chi connectivity index (χ0v) is 16.2. The Bertz CT molecular complexity index is 611. The molecule has 132 valence electrons. The molecule has 0 spiro atoms. The fourth-order valence-corrected chi connectivity index (χ4v) is 4.45. The highest BCUT2D eigenvalue weighted by Crippen LogP contribution is 2.45. The molecule has 5 heteroatoms. The lowest BCUT2D eigenvalue weighted by molar-refractivity contribution is -0.0965. The first-order valence-electron chi connectivity index (χ1n) is 8.68. The third-order valence-corrected chi connectivity index (χ3v) is 5.47. The third kappa shape index (κ3) is 3.62. The van der Waals surface area contributed by atoms with Crippen LogP contribution < -0.4 is 0 Å². The summed E-state index contributed by atoms with van der Waals surface area (Å²) < 4.78 is 6.57. The fraction of sp³-hybridized carbons (Fsp3) is 0.632. The molecule has 3 rings (SSSR count). The number of hydrogen-bond acceptors (Lipinski definition) is 3. The summed E-state index contributed by atoms with van der Waals surface area (Å²) >= 11 is 3.49. The second-order valence-electron chi connectivity index (χ2n) is 8.08. The van der Waals surface area contributed by atoms with Gasteiger partial charge in [-0.05, 0) is 57.7 Å². The van der Waals surface area contributed by atoms with E-state index in [0.29, 0.717) is 12.8 Å². The number of nitrogens with zero attached hydrogens (tertiary/aromatic N) is 1. The van der Waals surface area contributed by atoms with Crippen molar-refractivity contribution in [2.75, 3.05) is 0 Å². The summed E-state index contributed by atoms with van der Waals surface area (Å²) in [5.41, 5.74) is -0.445. The highest BCUT2D eigenvalue weighted by atomic mass is 79.9. The number of carbonyl (C=O) groups is 1. The van der Waals surface area contributed by atoms with Crippen LogP contribution in [-0.4, -0.2) is 33.8 Å². The molecular weight excluding hydrogens is 370 g/mol. The standard InChI is InChI=1S/C19H26BrNO3/c1-18(2,3)24-17(22)21-15-8-5-9-16(21)12-19(23,11-15)13-6-4-7-14(20)10-13/h4,6-7,10,15-16,23H,5,8-9,11-12H2,1-3H3. The lowest BCUT2D eigenvalue weighted by atomic mass is 9.73. The van der Waals surface area contributed by atoms with Crippen molar-refractivity contribution >= 4 is 22.0 Å². The summed E-state index contributed by atoms with van der Waals surface area (Å²) in [4.78, 5) is 14.5. The summed E-state index contributed by atoms with van der Waals surface area (Å²) in [5.74, 6) is 0. The predicted molar refractivity (Wildman–Crippen MR) is 96.8 cm³/mol. The Morgan fingerprint density at radius 3 is 2.46 bits per heavy atom. The van der Waals surface area contributed by atoms with Crippen LogP contribution in [0.25, 0.3) is 0 Å². The van der Waals surface area contributed by atoms with Gasteiger partial charge < -0.3 is 14.7 Å². The maximum Gasteiger partial charge on any atom is 0.410 e. The van der Waals surface area contributed by atoms with Crippen LogP contribution in [0.4, 0.5) is 4.79 Å². The molecular formula is C19H26BrNO3. The fourth-order valence-electron chi connectivity index (χ4n) is 4.06. The van der Waals surface area contributed by atoms with Crippen molar-refractivity contribution in [1.29, 1.82) is 0 Å². The quantitative estimate of drug-likeness (QED) is 0.756. The normalized spacial score (nSPS) is 30.1. The average Bonchev–Trinajstić information content (AvgIpc) is 2.44. The molecule has 1 amide bonds. The number of halogens is 1. The van der Waals surface area contributed by atoms with Crippen LogP contribution in [0.1, 0.15) is 58.4 Å². The third-order valence-electron chi connectivity index (χ3n) is 4.97. The molecule has 1 N–H and O–H groups in total. The van der Waals surface area contributed by atoms with Crippen LogP contribution in [0.3, 0.4) is 0 Å². The van der Waals surface area contributed by atoms with Crippen molar-refractivity contribution < 1.29 is 14.6 Å². The molecule has 4 nitrogen and oxygen atoms in total. The number of ether oxygens (including phenoxy) is 1. The minimum atomic E-state index is -0.877. The van der Waals surface area contributed by atoms with Gasteiger partial charge in [-0.1, -0.05) is 28.1 Å². The van der Waals surface area contributed by atoms with Crippen LogP contribution >= 0.6 is 15.9 Å². The summed E-state index contributed by atoms with van der Waals surface area (Å²) in [6.45, 7) is 5.67. The van der Waals surface area contributed by atoms with E-state index >= 15 is 0 Å². The van der Waals surface area contributed by atoms with E-state index in [-0.39, 0.29) is 18.2 Å². The van der Waals surface area contributed by atoms with E-state index in [1.807, 2.05) is 49.9 Å². The van der Waals surface area contributed by atoms with Crippen LogP contribution in [0.2, 0.25) is 0 Å². The second kappa shape index (κ2) is 6.34. The first-order chi connectivity index (χ1) is 11.2. The summed E-state index contributed by atoms with van der Waals surface area (Å²) in [6, 6.07) is 7.95. The number of carbonyl (C=O) groups excluding carboxylic acids is 1. The van der Waals surface area contributed by atoms with Gasteiger partial charge in [0.2, 0.25) is 0 Å². The van der Waals surface area contributed by atoms with Crippen molar-refractivity contribution in [3.8, 4) is 0 Å². The van der Waals surface area contributed by atoms with Crippen LogP contribution in [0.15, 0.2) is 28.7 Å². The molecule has 2 aliphatic rings. The molecule has 2 fully saturated rings. The summed E-state index contributed by atoms with van der Waals surface area (Å²) in [6.07, 6.45) is 3.84. The molecule has 2 aliphatic heterocycles. The Hall–Kier alpha value is -1.07. The highest BCUT2D eigenvalue weighted by molar-refractivity contribution is 9.10. The van der Waals surface area contributed by atoms with Gasteiger partial charge in [0.15, 0.2) is 0 Å². The first-order valence-corrected chi connectivity index (χ1v) is 9.47.